The molecule has 0 saturated heterocycles. The predicted molar refractivity (Wildman–Crippen MR) is 68.2 cm³/mol. The molecule has 2 rings (SSSR count). The summed E-state index contributed by atoms with van der Waals surface area (Å²) < 4.78 is 0. The quantitative estimate of drug-likeness (QED) is 0.600. The summed E-state index contributed by atoms with van der Waals surface area (Å²) in [4.78, 5) is 0. The molecule has 2 unspecified atom stereocenters. The van der Waals surface area contributed by atoms with E-state index in [9.17, 15) is 0 Å². The minimum Gasteiger partial charge on any atom is -0.387 e. The molecule has 0 bridgehead atoms. The van der Waals surface area contributed by atoms with E-state index < -0.39 is 0 Å². The largest absolute Gasteiger partial charge is 0.387 e. The number of aryl methyl sites for hydroxylation is 1. The normalized spacial score (nSPS) is 24.6. The van der Waals surface area contributed by atoms with Gasteiger partial charge < -0.3 is 5.73 Å². The summed E-state index contributed by atoms with van der Waals surface area (Å²) in [6.07, 6.45) is 3.30. The van der Waals surface area contributed by atoms with Crippen molar-refractivity contribution < 1.29 is 0 Å². The molecular weight excluding hydrogens is 220 g/mol. The van der Waals surface area contributed by atoms with Crippen molar-refractivity contribution in [2.24, 2.45) is 11.7 Å². The van der Waals surface area contributed by atoms with E-state index >= 15 is 0 Å². The van der Waals surface area contributed by atoms with Gasteiger partial charge in [0.15, 0.2) is 0 Å². The van der Waals surface area contributed by atoms with Gasteiger partial charge in [-0.2, -0.15) is 0 Å². The van der Waals surface area contributed by atoms with Gasteiger partial charge >= 0.3 is 0 Å². The highest BCUT2D eigenvalue weighted by atomic mass is 35.5. The number of nitrogens with two attached hydrogens (primary N) is 1. The molecule has 1 aliphatic rings. The molecule has 86 valence electrons. The average molecular weight is 237 g/mol. The van der Waals surface area contributed by atoms with Crippen LogP contribution in [0.4, 0.5) is 0 Å². The van der Waals surface area contributed by atoms with E-state index in [4.69, 9.17) is 22.7 Å². The standard InChI is InChI=1S/C13H17ClN2/c1-8-5-6-9(14)7-12(8)10-3-2-4-11(10)13(15)16/h5-7,10-11H,2-4H2,1H3,(H3,15,16). The molecule has 0 amide bonds. The number of halogens is 1. The Labute approximate surface area is 101 Å². The van der Waals surface area contributed by atoms with Gasteiger partial charge in [-0.25, -0.2) is 0 Å². The number of rotatable bonds is 2. The lowest BCUT2D eigenvalue weighted by atomic mass is 9.86. The van der Waals surface area contributed by atoms with Crippen LogP contribution in [0.15, 0.2) is 18.2 Å². The minimum atomic E-state index is 0.206. The molecule has 1 fully saturated rings. The molecule has 2 nitrogen and oxygen atoms in total. The van der Waals surface area contributed by atoms with Gasteiger partial charge in [0.1, 0.15) is 0 Å². The first kappa shape index (κ1) is 11.5. The molecule has 1 aliphatic carbocycles. The number of hydrogen-bond acceptors (Lipinski definition) is 1. The summed E-state index contributed by atoms with van der Waals surface area (Å²) in [5.41, 5.74) is 8.18. The number of nitrogens with one attached hydrogen (secondary N) is 1. The third kappa shape index (κ3) is 2.07. The van der Waals surface area contributed by atoms with E-state index in [0.29, 0.717) is 11.8 Å². The van der Waals surface area contributed by atoms with Crippen LogP contribution in [0.2, 0.25) is 5.02 Å². The number of amidine groups is 1. The Hall–Kier alpha value is -1.02. The Bertz CT molecular complexity index is 414. The van der Waals surface area contributed by atoms with E-state index in [2.05, 4.69) is 6.92 Å². The van der Waals surface area contributed by atoms with Crippen LogP contribution in [0.25, 0.3) is 0 Å². The van der Waals surface area contributed by atoms with E-state index in [-0.39, 0.29) is 5.92 Å². The molecule has 3 heteroatoms. The van der Waals surface area contributed by atoms with Gasteiger partial charge in [0.2, 0.25) is 0 Å². The van der Waals surface area contributed by atoms with Crippen molar-refractivity contribution >= 4 is 17.4 Å². The zero-order valence-electron chi connectivity index (χ0n) is 9.46. The van der Waals surface area contributed by atoms with Crippen LogP contribution in [0.1, 0.15) is 36.3 Å². The topological polar surface area (TPSA) is 49.9 Å². The van der Waals surface area contributed by atoms with Gasteiger partial charge in [-0.15, -0.1) is 0 Å². The lowest BCUT2D eigenvalue weighted by molar-refractivity contribution is 0.613. The fourth-order valence-corrected chi connectivity index (χ4v) is 2.90. The first-order valence-electron chi connectivity index (χ1n) is 5.69. The molecule has 1 saturated carbocycles. The molecule has 2 atom stereocenters. The number of benzene rings is 1. The van der Waals surface area contributed by atoms with Crippen LogP contribution in [0, 0.1) is 18.3 Å². The Morgan fingerprint density at radius 1 is 1.44 bits per heavy atom. The third-order valence-corrected chi connectivity index (χ3v) is 3.79. The van der Waals surface area contributed by atoms with Crippen molar-refractivity contribution in [1.82, 2.24) is 0 Å². The van der Waals surface area contributed by atoms with Gasteiger partial charge in [-0.05, 0) is 48.9 Å². The SMILES string of the molecule is Cc1ccc(Cl)cc1C1CCCC1C(=N)N. The number of hydrogen-bond donors (Lipinski definition) is 2. The molecule has 0 aromatic heterocycles. The van der Waals surface area contributed by atoms with Crippen LogP contribution in [-0.2, 0) is 0 Å². The highest BCUT2D eigenvalue weighted by Gasteiger charge is 2.31. The van der Waals surface area contributed by atoms with Gasteiger partial charge in [-0.3, -0.25) is 5.41 Å². The second-order valence-electron chi connectivity index (χ2n) is 4.60. The first-order chi connectivity index (χ1) is 7.59. The summed E-state index contributed by atoms with van der Waals surface area (Å²) in [5, 5.41) is 8.41. The van der Waals surface area contributed by atoms with Crippen molar-refractivity contribution in [3.63, 3.8) is 0 Å². The second-order valence-corrected chi connectivity index (χ2v) is 5.04. The fraction of sp³-hybridized carbons (Fsp3) is 0.462. The second kappa shape index (κ2) is 4.46. The van der Waals surface area contributed by atoms with Gasteiger partial charge in [-0.1, -0.05) is 24.1 Å². The fourth-order valence-electron chi connectivity index (χ4n) is 2.72. The summed E-state index contributed by atoms with van der Waals surface area (Å²) >= 11 is 6.04. The van der Waals surface area contributed by atoms with Gasteiger partial charge in [0, 0.05) is 10.9 Å². The Morgan fingerprint density at radius 3 is 2.88 bits per heavy atom. The van der Waals surface area contributed by atoms with Crippen molar-refractivity contribution in [2.75, 3.05) is 0 Å². The average Bonchev–Trinajstić information content (AvgIpc) is 2.70. The van der Waals surface area contributed by atoms with Crippen LogP contribution < -0.4 is 5.73 Å². The Morgan fingerprint density at radius 2 is 2.19 bits per heavy atom. The molecule has 1 aromatic carbocycles. The highest BCUT2D eigenvalue weighted by molar-refractivity contribution is 6.30. The maximum Gasteiger partial charge on any atom is 0.0943 e. The minimum absolute atomic E-state index is 0.206. The third-order valence-electron chi connectivity index (χ3n) is 3.56. The molecule has 16 heavy (non-hydrogen) atoms. The van der Waals surface area contributed by atoms with Crippen molar-refractivity contribution in [2.45, 2.75) is 32.1 Å². The highest BCUT2D eigenvalue weighted by Crippen LogP contribution is 2.41. The zero-order chi connectivity index (χ0) is 11.7. The van der Waals surface area contributed by atoms with Crippen LogP contribution in [0.3, 0.4) is 0 Å². The monoisotopic (exact) mass is 236 g/mol. The zero-order valence-corrected chi connectivity index (χ0v) is 10.2. The lowest BCUT2D eigenvalue weighted by Crippen LogP contribution is -2.24. The van der Waals surface area contributed by atoms with Crippen LogP contribution in [0.5, 0.6) is 0 Å². The smallest absolute Gasteiger partial charge is 0.0943 e. The Balaban J connectivity index is 2.35. The summed E-state index contributed by atoms with van der Waals surface area (Å²) in [6.45, 7) is 2.10. The lowest BCUT2D eigenvalue weighted by Gasteiger charge is -2.20. The predicted octanol–water partition coefficient (Wildman–Crippen LogP) is 3.47. The van der Waals surface area contributed by atoms with E-state index in [0.717, 1.165) is 24.3 Å². The summed E-state index contributed by atoms with van der Waals surface area (Å²) in [7, 11) is 0. The summed E-state index contributed by atoms with van der Waals surface area (Å²) in [5.74, 6) is 0.912. The molecular formula is C13H17ClN2. The molecule has 0 heterocycles. The van der Waals surface area contributed by atoms with Crippen molar-refractivity contribution in [3.8, 4) is 0 Å². The van der Waals surface area contributed by atoms with E-state index in [1.54, 1.807) is 0 Å². The maximum atomic E-state index is 7.64. The molecule has 1 aromatic rings. The van der Waals surface area contributed by atoms with Gasteiger partial charge in [0.25, 0.3) is 0 Å². The van der Waals surface area contributed by atoms with Crippen LogP contribution in [-0.4, -0.2) is 5.84 Å². The van der Waals surface area contributed by atoms with E-state index in [1.807, 2.05) is 18.2 Å². The summed E-state index contributed by atoms with van der Waals surface area (Å²) in [6, 6.07) is 5.99. The van der Waals surface area contributed by atoms with E-state index in [1.165, 1.54) is 11.1 Å². The molecule has 0 radical (unpaired) electrons. The first-order valence-corrected chi connectivity index (χ1v) is 6.07. The molecule has 3 N–H and O–H groups in total. The molecule has 0 aliphatic heterocycles. The van der Waals surface area contributed by atoms with Gasteiger partial charge in [0.05, 0.1) is 5.84 Å². The van der Waals surface area contributed by atoms with Crippen LogP contribution >= 0.6 is 11.6 Å². The van der Waals surface area contributed by atoms with Crippen molar-refractivity contribution in [3.05, 3.63) is 34.3 Å². The maximum absolute atomic E-state index is 7.64. The Kier molecular flexibility index (Phi) is 3.20. The van der Waals surface area contributed by atoms with Crippen molar-refractivity contribution in [1.29, 1.82) is 5.41 Å². The molecule has 0 spiro atoms.